The Labute approximate surface area is 169 Å². The molecule has 9 heteroatoms. The van der Waals surface area contributed by atoms with E-state index in [2.05, 4.69) is 20.4 Å². The van der Waals surface area contributed by atoms with Crippen LogP contribution < -0.4 is 5.32 Å². The van der Waals surface area contributed by atoms with Gasteiger partial charge in [-0.25, -0.2) is 9.50 Å². The van der Waals surface area contributed by atoms with Gasteiger partial charge in [-0.3, -0.25) is 9.78 Å². The summed E-state index contributed by atoms with van der Waals surface area (Å²) in [5, 5.41) is 6.83. The lowest BCUT2D eigenvalue weighted by Crippen LogP contribution is -2.14. The van der Waals surface area contributed by atoms with E-state index < -0.39 is 17.6 Å². The molecule has 0 aliphatic heterocycles. The molecule has 1 aromatic carbocycles. The highest BCUT2D eigenvalue weighted by molar-refractivity contribution is 6.08. The summed E-state index contributed by atoms with van der Waals surface area (Å²) in [6, 6.07) is 10.1. The van der Waals surface area contributed by atoms with Crippen molar-refractivity contribution in [1.29, 1.82) is 0 Å². The van der Waals surface area contributed by atoms with Gasteiger partial charge in [-0.2, -0.15) is 18.3 Å². The molecule has 0 saturated carbocycles. The zero-order valence-corrected chi connectivity index (χ0v) is 16.0. The Balaban J connectivity index is 1.75. The first-order valence-corrected chi connectivity index (χ1v) is 9.00. The molecule has 152 valence electrons. The number of aryl methyl sites for hydroxylation is 2. The number of carbonyl (C=O) groups excluding carboxylic acids is 1. The van der Waals surface area contributed by atoms with E-state index in [1.54, 1.807) is 19.1 Å². The number of amides is 1. The molecule has 0 aliphatic rings. The van der Waals surface area contributed by atoms with Crippen molar-refractivity contribution in [1.82, 2.24) is 19.6 Å². The summed E-state index contributed by atoms with van der Waals surface area (Å²) in [6.07, 6.45) is -1.73. The summed E-state index contributed by atoms with van der Waals surface area (Å²) in [5.74, 6) is -0.479. The van der Waals surface area contributed by atoms with E-state index in [0.29, 0.717) is 11.4 Å². The van der Waals surface area contributed by atoms with Gasteiger partial charge in [-0.05, 0) is 38.1 Å². The molecule has 4 aromatic rings. The van der Waals surface area contributed by atoms with Crippen LogP contribution in [-0.4, -0.2) is 25.5 Å². The highest BCUT2D eigenvalue weighted by Gasteiger charge is 2.33. The van der Waals surface area contributed by atoms with E-state index in [4.69, 9.17) is 0 Å². The summed E-state index contributed by atoms with van der Waals surface area (Å²) in [7, 11) is 0. The second kappa shape index (κ2) is 7.25. The van der Waals surface area contributed by atoms with Gasteiger partial charge in [0, 0.05) is 17.5 Å². The predicted molar refractivity (Wildman–Crippen MR) is 105 cm³/mol. The van der Waals surface area contributed by atoms with Crippen molar-refractivity contribution in [3.8, 4) is 11.3 Å². The molecular weight excluding hydrogens is 395 g/mol. The number of nitrogens with one attached hydrogen (secondary N) is 1. The molecular formula is C21H16F3N5O. The molecule has 1 amide bonds. The molecule has 6 nitrogen and oxygen atoms in total. The quantitative estimate of drug-likeness (QED) is 0.531. The topological polar surface area (TPSA) is 72.2 Å². The van der Waals surface area contributed by atoms with Gasteiger partial charge in [0.05, 0.1) is 28.8 Å². The van der Waals surface area contributed by atoms with Crippen LogP contribution >= 0.6 is 0 Å². The Hall–Kier alpha value is -3.75. The Kier molecular flexibility index (Phi) is 4.73. The van der Waals surface area contributed by atoms with Crippen molar-refractivity contribution >= 4 is 17.2 Å². The van der Waals surface area contributed by atoms with E-state index in [-0.39, 0.29) is 22.5 Å². The van der Waals surface area contributed by atoms with Crippen LogP contribution in [0.2, 0.25) is 0 Å². The van der Waals surface area contributed by atoms with Crippen LogP contribution in [0.4, 0.5) is 18.9 Å². The maximum absolute atomic E-state index is 13.4. The third-order valence-corrected chi connectivity index (χ3v) is 4.60. The maximum atomic E-state index is 13.4. The monoisotopic (exact) mass is 411 g/mol. The number of fused-ring (bicyclic) bond motifs is 1. The minimum atomic E-state index is -4.53. The Bertz CT molecular complexity index is 1260. The van der Waals surface area contributed by atoms with Crippen LogP contribution in [-0.2, 0) is 6.18 Å². The Morgan fingerprint density at radius 3 is 2.53 bits per heavy atom. The lowest BCUT2D eigenvalue weighted by atomic mass is 10.0. The molecule has 3 heterocycles. The zero-order valence-electron chi connectivity index (χ0n) is 16.0. The maximum Gasteiger partial charge on any atom is 0.417 e. The normalized spacial score (nSPS) is 11.6. The number of nitrogens with zero attached hydrogens (tertiary/aromatic N) is 4. The van der Waals surface area contributed by atoms with Crippen molar-refractivity contribution in [3.63, 3.8) is 0 Å². The van der Waals surface area contributed by atoms with E-state index in [1.807, 2.05) is 6.92 Å². The average molecular weight is 411 g/mol. The summed E-state index contributed by atoms with van der Waals surface area (Å²) >= 11 is 0. The number of hydrogen-bond donors (Lipinski definition) is 1. The van der Waals surface area contributed by atoms with Gasteiger partial charge >= 0.3 is 6.18 Å². The van der Waals surface area contributed by atoms with Gasteiger partial charge in [-0.15, -0.1) is 0 Å². The fourth-order valence-corrected chi connectivity index (χ4v) is 3.14. The molecule has 0 saturated heterocycles. The SMILES string of the molecule is Cc1ccc(NC(=O)c2cnn3ccc(-c4ccccc4C(F)(F)F)nc23)c(C)n1. The first kappa shape index (κ1) is 19.6. The number of alkyl halides is 3. The number of halogens is 3. The van der Waals surface area contributed by atoms with Crippen LogP contribution in [0.15, 0.2) is 54.9 Å². The number of rotatable bonds is 3. The Morgan fingerprint density at radius 2 is 1.80 bits per heavy atom. The second-order valence-corrected chi connectivity index (χ2v) is 6.72. The molecule has 4 rings (SSSR count). The van der Waals surface area contributed by atoms with E-state index >= 15 is 0 Å². The van der Waals surface area contributed by atoms with Crippen molar-refractivity contribution < 1.29 is 18.0 Å². The lowest BCUT2D eigenvalue weighted by molar-refractivity contribution is -0.137. The standard InChI is InChI=1S/C21H16F3N5O/c1-12-7-8-17(13(2)26-12)28-20(30)15-11-25-29-10-9-18(27-19(15)29)14-5-3-4-6-16(14)21(22,23)24/h3-11H,1-2H3,(H,28,30). The smallest absolute Gasteiger partial charge is 0.320 e. The highest BCUT2D eigenvalue weighted by atomic mass is 19.4. The first-order valence-electron chi connectivity index (χ1n) is 9.00. The van der Waals surface area contributed by atoms with Gasteiger partial charge in [0.1, 0.15) is 5.56 Å². The lowest BCUT2D eigenvalue weighted by Gasteiger charge is -2.12. The van der Waals surface area contributed by atoms with E-state index in [9.17, 15) is 18.0 Å². The van der Waals surface area contributed by atoms with Crippen molar-refractivity contribution in [2.45, 2.75) is 20.0 Å². The molecule has 30 heavy (non-hydrogen) atoms. The number of anilines is 1. The summed E-state index contributed by atoms with van der Waals surface area (Å²) < 4.78 is 41.5. The van der Waals surface area contributed by atoms with E-state index in [0.717, 1.165) is 11.8 Å². The van der Waals surface area contributed by atoms with Crippen LogP contribution in [0, 0.1) is 13.8 Å². The molecule has 0 atom stereocenters. The van der Waals surface area contributed by atoms with Crippen LogP contribution in [0.1, 0.15) is 27.3 Å². The third-order valence-electron chi connectivity index (χ3n) is 4.60. The van der Waals surface area contributed by atoms with Crippen LogP contribution in [0.25, 0.3) is 16.9 Å². The molecule has 0 aliphatic carbocycles. The molecule has 0 radical (unpaired) electrons. The van der Waals surface area contributed by atoms with Crippen molar-refractivity contribution in [3.05, 3.63) is 77.4 Å². The van der Waals surface area contributed by atoms with Crippen LogP contribution in [0.3, 0.4) is 0 Å². The third kappa shape index (κ3) is 3.61. The zero-order chi connectivity index (χ0) is 21.5. The number of aromatic nitrogens is 4. The number of benzene rings is 1. The fraction of sp³-hybridized carbons (Fsp3) is 0.143. The fourth-order valence-electron chi connectivity index (χ4n) is 3.14. The van der Waals surface area contributed by atoms with E-state index in [1.165, 1.54) is 41.2 Å². The van der Waals surface area contributed by atoms with Gasteiger partial charge in [0.2, 0.25) is 0 Å². The molecule has 0 spiro atoms. The molecule has 3 aromatic heterocycles. The largest absolute Gasteiger partial charge is 0.417 e. The molecule has 0 fully saturated rings. The van der Waals surface area contributed by atoms with Gasteiger partial charge in [0.15, 0.2) is 5.65 Å². The number of carbonyl (C=O) groups is 1. The number of pyridine rings is 1. The Morgan fingerprint density at radius 1 is 1.03 bits per heavy atom. The van der Waals surface area contributed by atoms with Gasteiger partial charge in [-0.1, -0.05) is 18.2 Å². The van der Waals surface area contributed by atoms with Crippen LogP contribution in [0.5, 0.6) is 0 Å². The minimum Gasteiger partial charge on any atom is -0.320 e. The van der Waals surface area contributed by atoms with Gasteiger partial charge in [0.25, 0.3) is 5.91 Å². The number of hydrogen-bond acceptors (Lipinski definition) is 4. The molecule has 0 bridgehead atoms. The molecule has 1 N–H and O–H groups in total. The predicted octanol–water partition coefficient (Wildman–Crippen LogP) is 4.68. The summed E-state index contributed by atoms with van der Waals surface area (Å²) in [6.45, 7) is 3.61. The second-order valence-electron chi connectivity index (χ2n) is 6.72. The summed E-state index contributed by atoms with van der Waals surface area (Å²) in [4.78, 5) is 21.4. The first-order chi connectivity index (χ1) is 14.2. The molecule has 0 unspecified atom stereocenters. The van der Waals surface area contributed by atoms with Crippen molar-refractivity contribution in [2.24, 2.45) is 0 Å². The minimum absolute atomic E-state index is 0.0707. The summed E-state index contributed by atoms with van der Waals surface area (Å²) in [5.41, 5.74) is 1.51. The van der Waals surface area contributed by atoms with Crippen molar-refractivity contribution in [2.75, 3.05) is 5.32 Å². The average Bonchev–Trinajstić information content (AvgIpc) is 3.13. The van der Waals surface area contributed by atoms with Gasteiger partial charge < -0.3 is 5.32 Å². The highest BCUT2D eigenvalue weighted by Crippen LogP contribution is 2.36.